The normalized spacial score (nSPS) is 18.4. The van der Waals surface area contributed by atoms with E-state index in [1.165, 1.54) is 0 Å². The van der Waals surface area contributed by atoms with Crippen molar-refractivity contribution in [2.75, 3.05) is 0 Å². The molecule has 16 heavy (non-hydrogen) atoms. The van der Waals surface area contributed by atoms with Crippen molar-refractivity contribution in [1.82, 2.24) is 0 Å². The van der Waals surface area contributed by atoms with Crippen LogP contribution in [-0.2, 0) is 15.5 Å². The Kier molecular flexibility index (Phi) is 3.10. The predicted molar refractivity (Wildman–Crippen MR) is 69.3 cm³/mol. The maximum absolute atomic E-state index is 11.5. The van der Waals surface area contributed by atoms with Crippen molar-refractivity contribution >= 4 is 35.7 Å². The lowest BCUT2D eigenvalue weighted by molar-refractivity contribution is 0.590. The van der Waals surface area contributed by atoms with Crippen molar-refractivity contribution in [3.8, 4) is 0 Å². The molecular formula is C11H12BrClO2S. The third kappa shape index (κ3) is 2.29. The topological polar surface area (TPSA) is 34.1 Å². The van der Waals surface area contributed by atoms with Crippen LogP contribution < -0.4 is 0 Å². The summed E-state index contributed by atoms with van der Waals surface area (Å²) in [5.74, 6) is 0. The summed E-state index contributed by atoms with van der Waals surface area (Å²) in [5, 5.41) is 0. The van der Waals surface area contributed by atoms with Gasteiger partial charge in [-0.3, -0.25) is 0 Å². The van der Waals surface area contributed by atoms with E-state index in [9.17, 15) is 8.42 Å². The summed E-state index contributed by atoms with van der Waals surface area (Å²) in [6.07, 6.45) is 1.86. The molecule has 0 amide bonds. The highest BCUT2D eigenvalue weighted by atomic mass is 79.9. The van der Waals surface area contributed by atoms with Crippen LogP contribution in [0, 0.1) is 6.92 Å². The quantitative estimate of drug-likeness (QED) is 0.799. The molecule has 1 aliphatic rings. The van der Waals surface area contributed by atoms with Crippen LogP contribution in [0.2, 0.25) is 0 Å². The van der Waals surface area contributed by atoms with Crippen LogP contribution >= 0.6 is 26.6 Å². The Balaban J connectivity index is 2.32. The van der Waals surface area contributed by atoms with Crippen LogP contribution in [0.5, 0.6) is 0 Å². The van der Waals surface area contributed by atoms with Crippen LogP contribution in [-0.4, -0.2) is 13.2 Å². The van der Waals surface area contributed by atoms with E-state index < -0.39 is 13.8 Å². The van der Waals surface area contributed by atoms with E-state index in [2.05, 4.69) is 15.9 Å². The lowest BCUT2D eigenvalue weighted by atomic mass is 10.0. The van der Waals surface area contributed by atoms with Gasteiger partial charge in [0.25, 0.3) is 0 Å². The van der Waals surface area contributed by atoms with Crippen molar-refractivity contribution in [3.05, 3.63) is 33.8 Å². The van der Waals surface area contributed by atoms with Gasteiger partial charge in [0.1, 0.15) is 0 Å². The summed E-state index contributed by atoms with van der Waals surface area (Å²) >= 11 is 3.39. The molecule has 5 heteroatoms. The average Bonchev–Trinajstić information content (AvgIpc) is 2.91. The smallest absolute Gasteiger partial charge is 0.212 e. The van der Waals surface area contributed by atoms with Gasteiger partial charge in [0.05, 0.1) is 4.75 Å². The molecule has 0 N–H and O–H groups in total. The molecule has 1 aromatic rings. The van der Waals surface area contributed by atoms with E-state index in [4.69, 9.17) is 10.7 Å². The molecule has 2 rings (SSSR count). The zero-order valence-corrected chi connectivity index (χ0v) is 12.0. The van der Waals surface area contributed by atoms with Gasteiger partial charge in [0, 0.05) is 15.2 Å². The number of aryl methyl sites for hydroxylation is 1. The SMILES string of the molecule is Cc1ccc(Br)cc1CC1(S(=O)(=O)Cl)CC1. The first-order valence-electron chi connectivity index (χ1n) is 5.03. The third-order valence-electron chi connectivity index (χ3n) is 3.15. The number of hydrogen-bond acceptors (Lipinski definition) is 2. The second-order valence-corrected chi connectivity index (χ2v) is 8.24. The molecule has 2 nitrogen and oxygen atoms in total. The number of rotatable bonds is 3. The maximum Gasteiger partial charge on any atom is 0.238 e. The summed E-state index contributed by atoms with van der Waals surface area (Å²) in [6.45, 7) is 1.98. The first kappa shape index (κ1) is 12.4. The molecule has 1 fully saturated rings. The molecule has 0 spiro atoms. The Bertz CT molecular complexity index is 521. The van der Waals surface area contributed by atoms with E-state index in [1.54, 1.807) is 0 Å². The molecule has 0 radical (unpaired) electrons. The first-order chi connectivity index (χ1) is 7.34. The number of benzene rings is 1. The lowest BCUT2D eigenvalue weighted by Crippen LogP contribution is -2.21. The summed E-state index contributed by atoms with van der Waals surface area (Å²) in [7, 11) is 2.03. The minimum atomic E-state index is -3.46. The second-order valence-electron chi connectivity index (χ2n) is 4.37. The zero-order valence-electron chi connectivity index (χ0n) is 8.83. The summed E-state index contributed by atoms with van der Waals surface area (Å²) in [6, 6.07) is 5.90. The summed E-state index contributed by atoms with van der Waals surface area (Å²) in [4.78, 5) is 0. The van der Waals surface area contributed by atoms with Crippen molar-refractivity contribution in [2.45, 2.75) is 30.9 Å². The summed E-state index contributed by atoms with van der Waals surface area (Å²) in [5.41, 5.74) is 2.16. The molecule has 1 aromatic carbocycles. The molecule has 1 aliphatic carbocycles. The van der Waals surface area contributed by atoms with Gasteiger partial charge in [-0.25, -0.2) is 8.42 Å². The molecule has 0 aromatic heterocycles. The van der Waals surface area contributed by atoms with Crippen molar-refractivity contribution in [3.63, 3.8) is 0 Å². The van der Waals surface area contributed by atoms with Gasteiger partial charge in [-0.1, -0.05) is 22.0 Å². The Hall–Kier alpha value is -0.0600. The fourth-order valence-corrected chi connectivity index (χ4v) is 3.78. The highest BCUT2D eigenvalue weighted by Gasteiger charge is 2.53. The maximum atomic E-state index is 11.5. The van der Waals surface area contributed by atoms with Crippen molar-refractivity contribution in [2.24, 2.45) is 0 Å². The van der Waals surface area contributed by atoms with Gasteiger partial charge in [-0.15, -0.1) is 0 Å². The highest BCUT2D eigenvalue weighted by Crippen LogP contribution is 2.48. The monoisotopic (exact) mass is 322 g/mol. The van der Waals surface area contributed by atoms with Gasteiger partial charge in [0.2, 0.25) is 9.05 Å². The first-order valence-corrected chi connectivity index (χ1v) is 8.14. The molecule has 88 valence electrons. The van der Waals surface area contributed by atoms with Gasteiger partial charge >= 0.3 is 0 Å². The van der Waals surface area contributed by atoms with E-state index in [1.807, 2.05) is 25.1 Å². The van der Waals surface area contributed by atoms with Crippen LogP contribution in [0.25, 0.3) is 0 Å². The van der Waals surface area contributed by atoms with Crippen LogP contribution in [0.1, 0.15) is 24.0 Å². The molecule has 0 heterocycles. The van der Waals surface area contributed by atoms with Crippen molar-refractivity contribution in [1.29, 1.82) is 0 Å². The lowest BCUT2D eigenvalue weighted by Gasteiger charge is -2.13. The van der Waals surface area contributed by atoms with E-state index in [0.717, 1.165) is 15.6 Å². The molecule has 0 unspecified atom stereocenters. The number of halogens is 2. The third-order valence-corrected chi connectivity index (χ3v) is 6.21. The Labute approximate surface area is 109 Å². The Morgan fingerprint density at radius 1 is 1.44 bits per heavy atom. The molecular weight excluding hydrogens is 312 g/mol. The van der Waals surface area contributed by atoms with Gasteiger partial charge in [-0.05, 0) is 49.4 Å². The zero-order chi connectivity index (χ0) is 12.0. The van der Waals surface area contributed by atoms with Gasteiger partial charge < -0.3 is 0 Å². The number of hydrogen-bond donors (Lipinski definition) is 0. The van der Waals surface area contributed by atoms with Crippen LogP contribution in [0.4, 0.5) is 0 Å². The van der Waals surface area contributed by atoms with E-state index in [-0.39, 0.29) is 0 Å². The van der Waals surface area contributed by atoms with Crippen molar-refractivity contribution < 1.29 is 8.42 Å². The molecule has 0 atom stereocenters. The highest BCUT2D eigenvalue weighted by molar-refractivity contribution is 9.10. The van der Waals surface area contributed by atoms with E-state index in [0.29, 0.717) is 19.3 Å². The van der Waals surface area contributed by atoms with Gasteiger partial charge in [0.15, 0.2) is 0 Å². The van der Waals surface area contributed by atoms with Crippen LogP contribution in [0.3, 0.4) is 0 Å². The predicted octanol–water partition coefficient (Wildman–Crippen LogP) is 3.40. The molecule has 1 saturated carbocycles. The van der Waals surface area contributed by atoms with E-state index >= 15 is 0 Å². The minimum Gasteiger partial charge on any atom is -0.212 e. The molecule has 0 aliphatic heterocycles. The Morgan fingerprint density at radius 3 is 2.56 bits per heavy atom. The fourth-order valence-electron chi connectivity index (χ4n) is 1.82. The second kappa shape index (κ2) is 4.00. The Morgan fingerprint density at radius 2 is 2.06 bits per heavy atom. The molecule has 0 saturated heterocycles. The van der Waals surface area contributed by atoms with Crippen LogP contribution in [0.15, 0.2) is 22.7 Å². The standard InChI is InChI=1S/C11H12BrClO2S/c1-8-2-3-10(12)6-9(8)7-11(4-5-11)16(13,14)15/h2-3,6H,4-5,7H2,1H3. The fraction of sp³-hybridized carbons (Fsp3) is 0.455. The minimum absolute atomic E-state index is 0.518. The largest absolute Gasteiger partial charge is 0.238 e. The van der Waals surface area contributed by atoms with Gasteiger partial charge in [-0.2, -0.15) is 0 Å². The molecule has 0 bridgehead atoms. The summed E-state index contributed by atoms with van der Waals surface area (Å²) < 4.78 is 23.2. The average molecular weight is 324 g/mol.